The topological polar surface area (TPSA) is 99.2 Å². The molecule has 2 aromatic rings. The first-order valence-corrected chi connectivity index (χ1v) is 10.9. The van der Waals surface area contributed by atoms with E-state index in [9.17, 15) is 19.2 Å². The van der Waals surface area contributed by atoms with Gasteiger partial charge < -0.3 is 14.2 Å². The van der Waals surface area contributed by atoms with Crippen molar-refractivity contribution in [3.05, 3.63) is 69.7 Å². The molecule has 2 aliphatic rings. The van der Waals surface area contributed by atoms with Crippen molar-refractivity contribution < 1.29 is 33.4 Å². The lowest BCUT2D eigenvalue weighted by Crippen LogP contribution is -2.58. The van der Waals surface area contributed by atoms with Crippen molar-refractivity contribution in [3.63, 3.8) is 0 Å². The molecule has 0 bridgehead atoms. The first-order chi connectivity index (χ1) is 15.7. The van der Waals surface area contributed by atoms with E-state index >= 15 is 0 Å². The van der Waals surface area contributed by atoms with E-state index in [2.05, 4.69) is 15.9 Å². The van der Waals surface area contributed by atoms with Crippen LogP contribution in [0.5, 0.6) is 0 Å². The Labute approximate surface area is 202 Å². The zero-order valence-corrected chi connectivity index (χ0v) is 19.8. The summed E-state index contributed by atoms with van der Waals surface area (Å²) in [6, 6.07) is 12.8. The molecule has 1 saturated heterocycles. The minimum Gasteiger partial charge on any atom is -0.477 e. The Morgan fingerprint density at radius 3 is 2.24 bits per heavy atom. The largest absolute Gasteiger partial charge is 0.477 e. The minimum atomic E-state index is -2.29. The zero-order valence-electron chi connectivity index (χ0n) is 17.4. The number of halogens is 2. The van der Waals surface area contributed by atoms with E-state index in [1.165, 1.54) is 6.08 Å². The summed E-state index contributed by atoms with van der Waals surface area (Å²) in [4.78, 5) is 54.1. The molecule has 4 rings (SSSR count). The monoisotopic (exact) mass is 533 g/mol. The molecular weight excluding hydrogens is 518 g/mol. The highest BCUT2D eigenvalue weighted by atomic mass is 79.9. The molecule has 2 amide bonds. The second kappa shape index (κ2) is 8.64. The van der Waals surface area contributed by atoms with Crippen molar-refractivity contribution in [2.75, 3.05) is 19.1 Å². The Bertz CT molecular complexity index is 1180. The van der Waals surface area contributed by atoms with Gasteiger partial charge in [-0.05, 0) is 54.6 Å². The van der Waals surface area contributed by atoms with Crippen LogP contribution in [0.3, 0.4) is 0 Å². The smallest absolute Gasteiger partial charge is 0.348 e. The third-order valence-corrected chi connectivity index (χ3v) is 6.44. The average Bonchev–Trinajstić information content (AvgIpc) is 3.05. The lowest BCUT2D eigenvalue weighted by molar-refractivity contribution is -0.180. The summed E-state index contributed by atoms with van der Waals surface area (Å²) in [5.41, 5.74) is -1.56. The van der Waals surface area contributed by atoms with Gasteiger partial charge in [-0.1, -0.05) is 27.5 Å². The molecule has 2 aromatic carbocycles. The van der Waals surface area contributed by atoms with E-state index in [0.29, 0.717) is 10.6 Å². The third kappa shape index (κ3) is 3.52. The number of methoxy groups -OCH3 is 2. The van der Waals surface area contributed by atoms with Gasteiger partial charge in [-0.2, -0.15) is 0 Å². The first-order valence-electron chi connectivity index (χ1n) is 9.70. The van der Waals surface area contributed by atoms with Crippen LogP contribution in [0.1, 0.15) is 5.56 Å². The number of esters is 2. The summed E-state index contributed by atoms with van der Waals surface area (Å²) < 4.78 is 16.4. The lowest BCUT2D eigenvalue weighted by atomic mass is 9.70. The molecule has 0 aromatic heterocycles. The van der Waals surface area contributed by atoms with Crippen molar-refractivity contribution in [1.29, 1.82) is 0 Å². The molecule has 1 fully saturated rings. The summed E-state index contributed by atoms with van der Waals surface area (Å²) in [6.07, 6.45) is -0.397. The second-order valence-corrected chi connectivity index (χ2v) is 8.70. The molecule has 0 radical (unpaired) electrons. The molecule has 2 heterocycles. The predicted molar refractivity (Wildman–Crippen MR) is 121 cm³/mol. The number of hydrogen-bond acceptors (Lipinski definition) is 7. The SMILES string of the molecule is COC(=O)[C@H]1OC(c2ccc(Cl)cc2)=C[C@H]2C(=O)N(c3ccc(Br)cc3)C(=O)[C@@]12C(=O)OC. The zero-order chi connectivity index (χ0) is 23.9. The molecule has 0 spiro atoms. The predicted octanol–water partition coefficient (Wildman–Crippen LogP) is 3.36. The maximum Gasteiger partial charge on any atom is 0.348 e. The van der Waals surface area contributed by atoms with Crippen LogP contribution in [0.25, 0.3) is 5.76 Å². The number of carbonyl (C=O) groups excluding carboxylic acids is 4. The first kappa shape index (κ1) is 23.0. The Morgan fingerprint density at radius 1 is 1.03 bits per heavy atom. The normalized spacial score (nSPS) is 24.0. The van der Waals surface area contributed by atoms with Gasteiger partial charge in [0, 0.05) is 15.1 Å². The van der Waals surface area contributed by atoms with E-state index in [0.717, 1.165) is 23.6 Å². The molecule has 0 aliphatic carbocycles. The summed E-state index contributed by atoms with van der Waals surface area (Å²) >= 11 is 9.26. The molecule has 170 valence electrons. The molecule has 2 aliphatic heterocycles. The van der Waals surface area contributed by atoms with Crippen LogP contribution in [0.4, 0.5) is 5.69 Å². The molecule has 3 atom stereocenters. The number of carbonyl (C=O) groups is 4. The quantitative estimate of drug-likeness (QED) is 0.337. The Hall–Kier alpha value is -3.17. The number of nitrogens with zero attached hydrogens (tertiary/aromatic N) is 1. The number of amides is 2. The molecule has 0 saturated carbocycles. The fourth-order valence-electron chi connectivity index (χ4n) is 4.08. The van der Waals surface area contributed by atoms with Gasteiger partial charge in [0.15, 0.2) is 0 Å². The molecule has 10 heteroatoms. The number of hydrogen-bond donors (Lipinski definition) is 0. The van der Waals surface area contributed by atoms with Gasteiger partial charge in [-0.15, -0.1) is 0 Å². The van der Waals surface area contributed by atoms with Crippen LogP contribution >= 0.6 is 27.5 Å². The molecule has 33 heavy (non-hydrogen) atoms. The molecule has 0 N–H and O–H groups in total. The average molecular weight is 535 g/mol. The van der Waals surface area contributed by atoms with Gasteiger partial charge in [-0.25, -0.2) is 9.69 Å². The van der Waals surface area contributed by atoms with Crippen LogP contribution in [0, 0.1) is 11.3 Å². The van der Waals surface area contributed by atoms with Crippen LogP contribution in [0.2, 0.25) is 5.02 Å². The molecule has 8 nitrogen and oxygen atoms in total. The van der Waals surface area contributed by atoms with Gasteiger partial charge in [0.05, 0.1) is 25.8 Å². The van der Waals surface area contributed by atoms with Gasteiger partial charge in [0.2, 0.25) is 17.4 Å². The molecule has 0 unspecified atom stereocenters. The van der Waals surface area contributed by atoms with Crippen molar-refractivity contribution in [1.82, 2.24) is 0 Å². The summed E-state index contributed by atoms with van der Waals surface area (Å²) in [5.74, 6) is -4.95. The summed E-state index contributed by atoms with van der Waals surface area (Å²) in [7, 11) is 2.17. The Kier molecular flexibility index (Phi) is 6.02. The van der Waals surface area contributed by atoms with Gasteiger partial charge in [0.25, 0.3) is 5.91 Å². The van der Waals surface area contributed by atoms with Crippen LogP contribution in [0.15, 0.2) is 59.1 Å². The van der Waals surface area contributed by atoms with Gasteiger partial charge in [0.1, 0.15) is 5.76 Å². The number of anilines is 1. The van der Waals surface area contributed by atoms with Gasteiger partial charge in [-0.3, -0.25) is 14.4 Å². The number of rotatable bonds is 4. The Balaban J connectivity index is 1.94. The van der Waals surface area contributed by atoms with E-state index in [1.807, 2.05) is 0 Å². The van der Waals surface area contributed by atoms with Gasteiger partial charge >= 0.3 is 11.9 Å². The highest BCUT2D eigenvalue weighted by molar-refractivity contribution is 9.10. The summed E-state index contributed by atoms with van der Waals surface area (Å²) in [6.45, 7) is 0. The fourth-order valence-corrected chi connectivity index (χ4v) is 4.48. The summed E-state index contributed by atoms with van der Waals surface area (Å²) in [5, 5.41) is 0.470. The maximum absolute atomic E-state index is 13.7. The maximum atomic E-state index is 13.7. The van der Waals surface area contributed by atoms with Crippen molar-refractivity contribution in [3.8, 4) is 0 Å². The Morgan fingerprint density at radius 2 is 1.67 bits per heavy atom. The highest BCUT2D eigenvalue weighted by Gasteiger charge is 2.73. The van der Waals surface area contributed by atoms with Crippen molar-refractivity contribution >= 4 is 62.7 Å². The number of imide groups is 1. The highest BCUT2D eigenvalue weighted by Crippen LogP contribution is 2.51. The van der Waals surface area contributed by atoms with Crippen LogP contribution in [-0.2, 0) is 33.4 Å². The second-order valence-electron chi connectivity index (χ2n) is 7.35. The minimum absolute atomic E-state index is 0.130. The number of benzene rings is 2. The van der Waals surface area contributed by atoms with E-state index in [4.69, 9.17) is 25.8 Å². The standard InChI is InChI=1S/C23H17BrClNO7/c1-31-20(28)18-23(22(30)32-2)16(11-17(33-18)12-3-7-14(25)8-4-12)19(27)26(21(23)29)15-9-5-13(24)6-10-15/h3-11,16,18H,1-2H3/t16-,18+,23-/m0/s1. The lowest BCUT2D eigenvalue weighted by Gasteiger charge is -2.37. The van der Waals surface area contributed by atoms with Crippen molar-refractivity contribution in [2.45, 2.75) is 6.10 Å². The fraction of sp³-hybridized carbons (Fsp3) is 0.217. The van der Waals surface area contributed by atoms with Crippen molar-refractivity contribution in [2.24, 2.45) is 11.3 Å². The van der Waals surface area contributed by atoms with E-state index in [1.54, 1.807) is 48.5 Å². The molecular formula is C23H17BrClNO7. The van der Waals surface area contributed by atoms with Crippen LogP contribution < -0.4 is 4.90 Å². The van der Waals surface area contributed by atoms with E-state index < -0.39 is 41.2 Å². The number of ether oxygens (including phenoxy) is 3. The third-order valence-electron chi connectivity index (χ3n) is 5.66. The number of fused-ring (bicyclic) bond motifs is 1. The van der Waals surface area contributed by atoms with E-state index in [-0.39, 0.29) is 11.4 Å². The van der Waals surface area contributed by atoms with Crippen LogP contribution in [-0.4, -0.2) is 44.1 Å².